The molecule has 6 heteroatoms. The SMILES string of the molecule is CCCCN(CCCC)c1nc(NN)ncc1F. The maximum Gasteiger partial charge on any atom is 0.239 e. The van der Waals surface area contributed by atoms with Gasteiger partial charge in [-0.15, -0.1) is 0 Å². The Hall–Kier alpha value is -1.43. The van der Waals surface area contributed by atoms with Gasteiger partial charge in [0.1, 0.15) is 0 Å². The largest absolute Gasteiger partial charge is 0.354 e. The molecule has 18 heavy (non-hydrogen) atoms. The lowest BCUT2D eigenvalue weighted by atomic mass is 10.2. The molecule has 0 saturated heterocycles. The van der Waals surface area contributed by atoms with Gasteiger partial charge < -0.3 is 4.90 Å². The summed E-state index contributed by atoms with van der Waals surface area (Å²) in [5.74, 6) is 5.42. The highest BCUT2D eigenvalue weighted by Crippen LogP contribution is 2.18. The molecule has 0 aliphatic rings. The van der Waals surface area contributed by atoms with Crippen molar-refractivity contribution in [2.75, 3.05) is 23.4 Å². The first-order valence-electron chi connectivity index (χ1n) is 6.47. The summed E-state index contributed by atoms with van der Waals surface area (Å²) in [6, 6.07) is 0. The van der Waals surface area contributed by atoms with Crippen LogP contribution < -0.4 is 16.2 Å². The lowest BCUT2D eigenvalue weighted by Crippen LogP contribution is -2.28. The van der Waals surface area contributed by atoms with E-state index in [1.165, 1.54) is 0 Å². The molecule has 0 atom stereocenters. The van der Waals surface area contributed by atoms with Crippen molar-refractivity contribution in [2.24, 2.45) is 5.84 Å². The van der Waals surface area contributed by atoms with Gasteiger partial charge in [-0.25, -0.2) is 15.2 Å². The van der Waals surface area contributed by atoms with Crippen LogP contribution in [0.4, 0.5) is 16.2 Å². The van der Waals surface area contributed by atoms with Gasteiger partial charge >= 0.3 is 0 Å². The highest BCUT2D eigenvalue weighted by Gasteiger charge is 2.14. The minimum Gasteiger partial charge on any atom is -0.354 e. The van der Waals surface area contributed by atoms with Crippen molar-refractivity contribution in [3.63, 3.8) is 0 Å². The lowest BCUT2D eigenvalue weighted by molar-refractivity contribution is 0.590. The van der Waals surface area contributed by atoms with Crippen LogP contribution >= 0.6 is 0 Å². The van der Waals surface area contributed by atoms with E-state index in [9.17, 15) is 4.39 Å². The standard InChI is InChI=1S/C12H22FN5/c1-3-5-7-18(8-6-4-2)11-10(13)9-15-12(16-11)17-14/h9H,3-8,14H2,1-2H3,(H,15,16,17). The summed E-state index contributed by atoms with van der Waals surface area (Å²) in [5.41, 5.74) is 2.35. The minimum absolute atomic E-state index is 0.240. The van der Waals surface area contributed by atoms with Crippen molar-refractivity contribution < 1.29 is 4.39 Å². The number of hydrogen-bond donors (Lipinski definition) is 2. The fourth-order valence-corrected chi connectivity index (χ4v) is 1.67. The molecule has 102 valence electrons. The van der Waals surface area contributed by atoms with Crippen LogP contribution in [-0.4, -0.2) is 23.1 Å². The predicted octanol–water partition coefficient (Wildman–Crippen LogP) is 2.31. The van der Waals surface area contributed by atoms with E-state index in [0.717, 1.165) is 45.0 Å². The summed E-state index contributed by atoms with van der Waals surface area (Å²) >= 11 is 0. The third kappa shape index (κ3) is 4.10. The molecule has 3 N–H and O–H groups in total. The normalized spacial score (nSPS) is 10.4. The second-order valence-electron chi connectivity index (χ2n) is 4.20. The van der Waals surface area contributed by atoms with Crippen molar-refractivity contribution in [2.45, 2.75) is 39.5 Å². The van der Waals surface area contributed by atoms with Gasteiger partial charge in [-0.1, -0.05) is 26.7 Å². The van der Waals surface area contributed by atoms with Crippen molar-refractivity contribution in [1.82, 2.24) is 9.97 Å². The quantitative estimate of drug-likeness (QED) is 0.551. The Morgan fingerprint density at radius 1 is 1.28 bits per heavy atom. The van der Waals surface area contributed by atoms with Gasteiger partial charge in [0.05, 0.1) is 6.20 Å². The molecule has 1 rings (SSSR count). The summed E-state index contributed by atoms with van der Waals surface area (Å²) < 4.78 is 13.8. The van der Waals surface area contributed by atoms with E-state index in [1.54, 1.807) is 0 Å². The smallest absolute Gasteiger partial charge is 0.239 e. The predicted molar refractivity (Wildman–Crippen MR) is 71.8 cm³/mol. The number of rotatable bonds is 8. The molecule has 0 unspecified atom stereocenters. The molecule has 0 bridgehead atoms. The average molecular weight is 255 g/mol. The third-order valence-electron chi connectivity index (χ3n) is 2.72. The van der Waals surface area contributed by atoms with Crippen molar-refractivity contribution >= 4 is 11.8 Å². The second kappa shape index (κ2) is 7.81. The van der Waals surface area contributed by atoms with Crippen LogP contribution in [0.3, 0.4) is 0 Å². The Labute approximate surface area is 108 Å². The van der Waals surface area contributed by atoms with E-state index in [4.69, 9.17) is 5.84 Å². The number of hydrogen-bond acceptors (Lipinski definition) is 5. The molecule has 1 aromatic rings. The first-order chi connectivity index (χ1) is 8.72. The van der Waals surface area contributed by atoms with Gasteiger partial charge in [0.2, 0.25) is 5.95 Å². The van der Waals surface area contributed by atoms with E-state index in [1.807, 2.05) is 4.90 Å². The van der Waals surface area contributed by atoms with Gasteiger partial charge in [0, 0.05) is 13.1 Å². The van der Waals surface area contributed by atoms with E-state index in [0.29, 0.717) is 5.82 Å². The van der Waals surface area contributed by atoms with Gasteiger partial charge in [0.15, 0.2) is 11.6 Å². The number of nitrogens with one attached hydrogen (secondary N) is 1. The van der Waals surface area contributed by atoms with Gasteiger partial charge in [-0.05, 0) is 12.8 Å². The molecule has 0 aliphatic heterocycles. The van der Waals surface area contributed by atoms with Crippen LogP contribution in [0.5, 0.6) is 0 Å². The molecule has 0 saturated carbocycles. The zero-order valence-corrected chi connectivity index (χ0v) is 11.1. The molecular formula is C12H22FN5. The molecule has 0 spiro atoms. The molecule has 5 nitrogen and oxygen atoms in total. The van der Waals surface area contributed by atoms with Crippen molar-refractivity contribution in [1.29, 1.82) is 0 Å². The van der Waals surface area contributed by atoms with E-state index in [2.05, 4.69) is 29.2 Å². The van der Waals surface area contributed by atoms with Crippen LogP contribution in [0.2, 0.25) is 0 Å². The van der Waals surface area contributed by atoms with Gasteiger partial charge in [0.25, 0.3) is 0 Å². The first kappa shape index (κ1) is 14.6. The Morgan fingerprint density at radius 3 is 2.39 bits per heavy atom. The number of aromatic nitrogens is 2. The topological polar surface area (TPSA) is 67.1 Å². The average Bonchev–Trinajstić information content (AvgIpc) is 2.40. The van der Waals surface area contributed by atoms with Gasteiger partial charge in [-0.2, -0.15) is 4.98 Å². The molecule has 0 aliphatic carbocycles. The summed E-state index contributed by atoms with van der Waals surface area (Å²) in [5, 5.41) is 0. The zero-order valence-electron chi connectivity index (χ0n) is 11.1. The fourth-order valence-electron chi connectivity index (χ4n) is 1.67. The number of nitrogens with zero attached hydrogens (tertiary/aromatic N) is 3. The van der Waals surface area contributed by atoms with Crippen LogP contribution in [-0.2, 0) is 0 Å². The van der Waals surface area contributed by atoms with Crippen molar-refractivity contribution in [3.8, 4) is 0 Å². The van der Waals surface area contributed by atoms with Crippen molar-refractivity contribution in [3.05, 3.63) is 12.0 Å². The Kier molecular flexibility index (Phi) is 6.35. The number of hydrazine groups is 1. The van der Waals surface area contributed by atoms with Crippen LogP contribution in [0.25, 0.3) is 0 Å². The molecule has 1 aromatic heterocycles. The summed E-state index contributed by atoms with van der Waals surface area (Å²) in [6.45, 7) is 5.82. The summed E-state index contributed by atoms with van der Waals surface area (Å²) in [7, 11) is 0. The maximum atomic E-state index is 13.8. The monoisotopic (exact) mass is 255 g/mol. The van der Waals surface area contributed by atoms with E-state index >= 15 is 0 Å². The lowest BCUT2D eigenvalue weighted by Gasteiger charge is -2.23. The molecule has 0 radical (unpaired) electrons. The van der Waals surface area contributed by atoms with E-state index in [-0.39, 0.29) is 5.95 Å². The molecule has 0 fully saturated rings. The van der Waals surface area contributed by atoms with Crippen LogP contribution in [0.15, 0.2) is 6.20 Å². The number of unbranched alkanes of at least 4 members (excludes halogenated alkanes) is 2. The number of anilines is 2. The number of nitrogen functional groups attached to an aromatic ring is 1. The molecule has 0 amide bonds. The van der Waals surface area contributed by atoms with Crippen LogP contribution in [0.1, 0.15) is 39.5 Å². The highest BCUT2D eigenvalue weighted by atomic mass is 19.1. The fraction of sp³-hybridized carbons (Fsp3) is 0.667. The zero-order chi connectivity index (χ0) is 13.4. The third-order valence-corrected chi connectivity index (χ3v) is 2.72. The first-order valence-corrected chi connectivity index (χ1v) is 6.47. The maximum absolute atomic E-state index is 13.8. The number of nitrogens with two attached hydrogens (primary N) is 1. The Bertz CT molecular complexity index is 350. The Balaban J connectivity index is 2.87. The Morgan fingerprint density at radius 2 is 1.89 bits per heavy atom. The molecule has 0 aromatic carbocycles. The van der Waals surface area contributed by atoms with Gasteiger partial charge in [-0.3, -0.25) is 5.43 Å². The van der Waals surface area contributed by atoms with E-state index < -0.39 is 5.82 Å². The minimum atomic E-state index is -0.402. The molecule has 1 heterocycles. The summed E-state index contributed by atoms with van der Waals surface area (Å²) in [6.07, 6.45) is 5.31. The second-order valence-corrected chi connectivity index (χ2v) is 4.20. The summed E-state index contributed by atoms with van der Waals surface area (Å²) in [4.78, 5) is 9.82. The highest BCUT2D eigenvalue weighted by molar-refractivity contribution is 5.43. The van der Waals surface area contributed by atoms with Crippen LogP contribution in [0, 0.1) is 5.82 Å². The molecular weight excluding hydrogens is 233 g/mol. The number of halogens is 1.